The molecule has 1 unspecified atom stereocenters. The fourth-order valence-corrected chi connectivity index (χ4v) is 1.19. The second-order valence-electron chi connectivity index (χ2n) is 4.40. The number of hydrogen-bond donors (Lipinski definition) is 3. The number of carboxylic acid groups (broad SMARTS) is 1. The first-order chi connectivity index (χ1) is 7.28. The summed E-state index contributed by atoms with van der Waals surface area (Å²) < 4.78 is 0. The lowest BCUT2D eigenvalue weighted by Gasteiger charge is -2.27. The fourth-order valence-electron chi connectivity index (χ4n) is 1.19. The highest BCUT2D eigenvalue weighted by Gasteiger charge is 2.23. The quantitative estimate of drug-likeness (QED) is 0.558. The predicted molar refractivity (Wildman–Crippen MR) is 61.9 cm³/mol. The second kappa shape index (κ2) is 6.27. The number of rotatable bonds is 7. The third kappa shape index (κ3) is 6.19. The molecule has 4 N–H and O–H groups in total. The number of hydrogen-bond acceptors (Lipinski definition) is 3. The van der Waals surface area contributed by atoms with Crippen molar-refractivity contribution in [1.29, 1.82) is 0 Å². The first-order valence-corrected chi connectivity index (χ1v) is 5.19. The highest BCUT2D eigenvalue weighted by atomic mass is 16.4. The van der Waals surface area contributed by atoms with Gasteiger partial charge in [0.15, 0.2) is 0 Å². The van der Waals surface area contributed by atoms with E-state index in [0.29, 0.717) is 12.8 Å². The Labute approximate surface area is 95.7 Å². The molecular weight excluding hydrogens is 208 g/mol. The van der Waals surface area contributed by atoms with Gasteiger partial charge in [0.2, 0.25) is 5.91 Å². The van der Waals surface area contributed by atoms with Crippen LogP contribution in [0.25, 0.3) is 0 Å². The van der Waals surface area contributed by atoms with E-state index in [1.165, 1.54) is 0 Å². The Balaban J connectivity index is 4.18. The number of carboxylic acids is 1. The summed E-state index contributed by atoms with van der Waals surface area (Å²) in [6.45, 7) is 7.05. The zero-order valence-electron chi connectivity index (χ0n) is 9.82. The number of carbonyl (C=O) groups excluding carboxylic acids is 1. The van der Waals surface area contributed by atoms with Crippen molar-refractivity contribution >= 4 is 11.9 Å². The van der Waals surface area contributed by atoms with Gasteiger partial charge < -0.3 is 16.2 Å². The highest BCUT2D eigenvalue weighted by Crippen LogP contribution is 2.11. The van der Waals surface area contributed by atoms with Crippen LogP contribution in [0.2, 0.25) is 0 Å². The first-order valence-electron chi connectivity index (χ1n) is 5.19. The van der Waals surface area contributed by atoms with Crippen molar-refractivity contribution < 1.29 is 14.7 Å². The zero-order valence-corrected chi connectivity index (χ0v) is 9.82. The topological polar surface area (TPSA) is 92.4 Å². The molecule has 0 aliphatic heterocycles. The SMILES string of the molecule is C=CCC(N)C(=O)NC(C)(C)CCC(=O)O. The molecule has 1 amide bonds. The Kier molecular flexibility index (Phi) is 5.74. The van der Waals surface area contributed by atoms with E-state index < -0.39 is 17.6 Å². The molecule has 0 aliphatic rings. The molecule has 0 fully saturated rings. The summed E-state index contributed by atoms with van der Waals surface area (Å²) in [5.74, 6) is -1.16. The smallest absolute Gasteiger partial charge is 0.303 e. The predicted octanol–water partition coefficient (Wildman–Crippen LogP) is 0.649. The molecule has 5 nitrogen and oxygen atoms in total. The maximum absolute atomic E-state index is 11.6. The molecule has 0 bridgehead atoms. The maximum Gasteiger partial charge on any atom is 0.303 e. The average molecular weight is 228 g/mol. The van der Waals surface area contributed by atoms with Crippen molar-refractivity contribution in [2.75, 3.05) is 0 Å². The van der Waals surface area contributed by atoms with E-state index >= 15 is 0 Å². The molecule has 0 rings (SSSR count). The highest BCUT2D eigenvalue weighted by molar-refractivity contribution is 5.82. The van der Waals surface area contributed by atoms with Crippen LogP contribution in [-0.4, -0.2) is 28.6 Å². The van der Waals surface area contributed by atoms with Gasteiger partial charge in [-0.25, -0.2) is 0 Å². The van der Waals surface area contributed by atoms with Crippen LogP contribution in [0.15, 0.2) is 12.7 Å². The summed E-state index contributed by atoms with van der Waals surface area (Å²) in [5, 5.41) is 11.3. The lowest BCUT2D eigenvalue weighted by atomic mass is 9.97. The summed E-state index contributed by atoms with van der Waals surface area (Å²) in [5.41, 5.74) is 5.03. The van der Waals surface area contributed by atoms with E-state index in [1.54, 1.807) is 19.9 Å². The van der Waals surface area contributed by atoms with Gasteiger partial charge in [-0.1, -0.05) is 6.08 Å². The number of aliphatic carboxylic acids is 1. The van der Waals surface area contributed by atoms with Crippen LogP contribution in [-0.2, 0) is 9.59 Å². The lowest BCUT2D eigenvalue weighted by Crippen LogP contribution is -2.50. The first kappa shape index (κ1) is 14.6. The van der Waals surface area contributed by atoms with Crippen LogP contribution in [0.3, 0.4) is 0 Å². The molecule has 0 heterocycles. The number of amides is 1. The molecule has 0 aromatic carbocycles. The van der Waals surface area contributed by atoms with Crippen LogP contribution < -0.4 is 11.1 Å². The minimum absolute atomic E-state index is 0.0178. The van der Waals surface area contributed by atoms with Crippen LogP contribution in [0.5, 0.6) is 0 Å². The summed E-state index contributed by atoms with van der Waals surface area (Å²) in [7, 11) is 0. The van der Waals surface area contributed by atoms with E-state index in [-0.39, 0.29) is 12.3 Å². The van der Waals surface area contributed by atoms with E-state index in [1.807, 2.05) is 0 Å². The lowest BCUT2D eigenvalue weighted by molar-refractivity contribution is -0.137. The Morgan fingerprint density at radius 2 is 2.12 bits per heavy atom. The van der Waals surface area contributed by atoms with Gasteiger partial charge in [0.1, 0.15) is 0 Å². The van der Waals surface area contributed by atoms with Crippen molar-refractivity contribution in [2.24, 2.45) is 5.73 Å². The van der Waals surface area contributed by atoms with Gasteiger partial charge in [-0.15, -0.1) is 6.58 Å². The molecule has 1 atom stereocenters. The summed E-state index contributed by atoms with van der Waals surface area (Å²) in [4.78, 5) is 22.0. The van der Waals surface area contributed by atoms with Crippen LogP contribution >= 0.6 is 0 Å². The van der Waals surface area contributed by atoms with Gasteiger partial charge in [0.25, 0.3) is 0 Å². The molecule has 0 radical (unpaired) electrons. The minimum Gasteiger partial charge on any atom is -0.481 e. The van der Waals surface area contributed by atoms with E-state index in [2.05, 4.69) is 11.9 Å². The standard InChI is InChI=1S/C11H20N2O3/c1-4-5-8(12)10(16)13-11(2,3)7-6-9(14)15/h4,8H,1,5-7,12H2,2-3H3,(H,13,16)(H,14,15). The Bertz CT molecular complexity index is 274. The number of carbonyl (C=O) groups is 2. The van der Waals surface area contributed by atoms with Crippen LogP contribution in [0.1, 0.15) is 33.1 Å². The van der Waals surface area contributed by atoms with Crippen LogP contribution in [0, 0.1) is 0 Å². The fraction of sp³-hybridized carbons (Fsp3) is 0.636. The van der Waals surface area contributed by atoms with Gasteiger partial charge in [0, 0.05) is 12.0 Å². The van der Waals surface area contributed by atoms with Crippen molar-refractivity contribution in [2.45, 2.75) is 44.7 Å². The van der Waals surface area contributed by atoms with E-state index in [4.69, 9.17) is 10.8 Å². The van der Waals surface area contributed by atoms with Crippen molar-refractivity contribution in [3.05, 3.63) is 12.7 Å². The third-order valence-electron chi connectivity index (χ3n) is 2.18. The monoisotopic (exact) mass is 228 g/mol. The van der Waals surface area contributed by atoms with E-state index in [9.17, 15) is 9.59 Å². The normalized spacial score (nSPS) is 12.9. The number of nitrogens with one attached hydrogen (secondary N) is 1. The van der Waals surface area contributed by atoms with Gasteiger partial charge in [0.05, 0.1) is 6.04 Å². The molecule has 0 aromatic heterocycles. The molecule has 0 aliphatic carbocycles. The Morgan fingerprint density at radius 3 is 2.56 bits per heavy atom. The average Bonchev–Trinajstić information content (AvgIpc) is 2.14. The zero-order chi connectivity index (χ0) is 12.8. The number of nitrogens with two attached hydrogens (primary N) is 1. The van der Waals surface area contributed by atoms with Gasteiger partial charge in [-0.05, 0) is 26.7 Å². The Morgan fingerprint density at radius 1 is 1.56 bits per heavy atom. The molecule has 0 saturated heterocycles. The van der Waals surface area contributed by atoms with E-state index in [0.717, 1.165) is 0 Å². The van der Waals surface area contributed by atoms with Crippen LogP contribution in [0.4, 0.5) is 0 Å². The van der Waals surface area contributed by atoms with Crippen molar-refractivity contribution in [3.63, 3.8) is 0 Å². The molecule has 16 heavy (non-hydrogen) atoms. The molecule has 5 heteroatoms. The molecule has 0 spiro atoms. The summed E-state index contributed by atoms with van der Waals surface area (Å²) in [6.07, 6.45) is 2.37. The Hall–Kier alpha value is -1.36. The second-order valence-corrected chi connectivity index (χ2v) is 4.40. The van der Waals surface area contributed by atoms with Gasteiger partial charge in [-0.3, -0.25) is 9.59 Å². The summed E-state index contributed by atoms with van der Waals surface area (Å²) in [6, 6.07) is -0.624. The van der Waals surface area contributed by atoms with Crippen molar-refractivity contribution in [1.82, 2.24) is 5.32 Å². The largest absolute Gasteiger partial charge is 0.481 e. The van der Waals surface area contributed by atoms with Gasteiger partial charge in [-0.2, -0.15) is 0 Å². The van der Waals surface area contributed by atoms with Crippen molar-refractivity contribution in [3.8, 4) is 0 Å². The molecular formula is C11H20N2O3. The maximum atomic E-state index is 11.6. The van der Waals surface area contributed by atoms with Gasteiger partial charge >= 0.3 is 5.97 Å². The molecule has 92 valence electrons. The minimum atomic E-state index is -0.877. The molecule has 0 aromatic rings. The third-order valence-corrected chi connectivity index (χ3v) is 2.18. The molecule has 0 saturated carbocycles. The summed E-state index contributed by atoms with van der Waals surface area (Å²) >= 11 is 0.